The fraction of sp³-hybridized carbons (Fsp3) is 0.250. The molecule has 0 saturated heterocycles. The molecule has 0 radical (unpaired) electrons. The Morgan fingerprint density at radius 1 is 1.43 bits per heavy atom. The van der Waals surface area contributed by atoms with Crippen LogP contribution in [0.25, 0.3) is 0 Å². The molecule has 2 heteroatoms. The second-order valence-corrected chi connectivity index (χ2v) is 3.04. The van der Waals surface area contributed by atoms with Crippen molar-refractivity contribution in [2.75, 3.05) is 0 Å². The Morgan fingerprint density at radius 3 is 2.57 bits per heavy atom. The molecule has 0 aliphatic rings. The van der Waals surface area contributed by atoms with Gasteiger partial charge in [0.05, 0.1) is 0 Å². The Balaban J connectivity index is 2.89. The van der Waals surface area contributed by atoms with Crippen LogP contribution in [0.2, 0.25) is 0 Å². The number of aldehydes is 1. The van der Waals surface area contributed by atoms with Crippen LogP contribution in [0.4, 0.5) is 0 Å². The summed E-state index contributed by atoms with van der Waals surface area (Å²) in [7, 11) is 0. The van der Waals surface area contributed by atoms with Crippen LogP contribution in [-0.4, -0.2) is 11.4 Å². The smallest absolute Gasteiger partial charge is 0.142 e. The minimum atomic E-state index is -0.661. The Bertz CT molecular complexity index is 314. The van der Waals surface area contributed by atoms with Crippen molar-refractivity contribution in [3.63, 3.8) is 0 Å². The number of hydrogen-bond donors (Lipinski definition) is 1. The molecule has 0 spiro atoms. The van der Waals surface area contributed by atoms with Gasteiger partial charge in [-0.3, -0.25) is 4.79 Å². The lowest BCUT2D eigenvalue weighted by Gasteiger charge is -2.12. The monoisotopic (exact) mass is 190 g/mol. The number of rotatable bonds is 4. The quantitative estimate of drug-likeness (QED) is 0.584. The number of aliphatic hydroxyl groups is 1. The summed E-state index contributed by atoms with van der Waals surface area (Å²) in [5, 5.41) is 9.88. The Morgan fingerprint density at radius 2 is 2.07 bits per heavy atom. The van der Waals surface area contributed by atoms with Crippen LogP contribution in [0.5, 0.6) is 0 Å². The van der Waals surface area contributed by atoms with Crippen LogP contribution in [0.3, 0.4) is 0 Å². The maximum Gasteiger partial charge on any atom is 0.142 e. The molecule has 1 atom stereocenters. The molecule has 0 fully saturated rings. The van der Waals surface area contributed by atoms with Crippen LogP contribution >= 0.6 is 0 Å². The predicted molar refractivity (Wildman–Crippen MR) is 55.8 cm³/mol. The molecule has 0 amide bonds. The number of aliphatic hydroxyl groups excluding tert-OH is 1. The van der Waals surface area contributed by atoms with E-state index in [1.165, 1.54) is 6.08 Å². The third-order valence-electron chi connectivity index (χ3n) is 2.16. The molecule has 74 valence electrons. The summed E-state index contributed by atoms with van der Waals surface area (Å²) < 4.78 is 0. The first-order valence-electron chi connectivity index (χ1n) is 4.66. The van der Waals surface area contributed by atoms with E-state index >= 15 is 0 Å². The molecule has 1 unspecified atom stereocenters. The first kappa shape index (κ1) is 10.7. The van der Waals surface area contributed by atoms with E-state index in [2.05, 4.69) is 0 Å². The van der Waals surface area contributed by atoms with E-state index in [0.717, 1.165) is 11.1 Å². The first-order valence-corrected chi connectivity index (χ1v) is 4.66. The zero-order valence-electron chi connectivity index (χ0n) is 8.18. The molecule has 0 heterocycles. The van der Waals surface area contributed by atoms with Crippen molar-refractivity contribution < 1.29 is 9.90 Å². The summed E-state index contributed by atoms with van der Waals surface area (Å²) in [6.45, 7) is 1.92. The average molecular weight is 190 g/mol. The summed E-state index contributed by atoms with van der Waals surface area (Å²) in [5.74, 6) is 0. The Kier molecular flexibility index (Phi) is 4.08. The standard InChI is InChI=1S/C12H14O2/c1-2-10(8-9-13)12(14)11-6-4-3-5-7-11/h3-9,12,14H,2H2,1H3/b10-8-. The highest BCUT2D eigenvalue weighted by atomic mass is 16.3. The van der Waals surface area contributed by atoms with Crippen molar-refractivity contribution in [3.8, 4) is 0 Å². The highest BCUT2D eigenvalue weighted by Crippen LogP contribution is 2.22. The van der Waals surface area contributed by atoms with E-state index in [0.29, 0.717) is 12.7 Å². The van der Waals surface area contributed by atoms with Crippen LogP contribution in [0.1, 0.15) is 25.0 Å². The van der Waals surface area contributed by atoms with E-state index < -0.39 is 6.10 Å². The van der Waals surface area contributed by atoms with Crippen LogP contribution in [0.15, 0.2) is 42.0 Å². The summed E-state index contributed by atoms with van der Waals surface area (Å²) in [6, 6.07) is 9.32. The molecule has 0 bridgehead atoms. The summed E-state index contributed by atoms with van der Waals surface area (Å²) >= 11 is 0. The summed E-state index contributed by atoms with van der Waals surface area (Å²) in [5.41, 5.74) is 1.56. The van der Waals surface area contributed by atoms with Gasteiger partial charge in [0, 0.05) is 0 Å². The second kappa shape index (κ2) is 5.35. The second-order valence-electron chi connectivity index (χ2n) is 3.04. The minimum absolute atomic E-state index is 0.661. The maximum absolute atomic E-state index is 10.3. The molecular formula is C12H14O2. The molecule has 14 heavy (non-hydrogen) atoms. The lowest BCUT2D eigenvalue weighted by atomic mass is 10.00. The predicted octanol–water partition coefficient (Wildman–Crippen LogP) is 2.26. The zero-order chi connectivity index (χ0) is 10.4. The van der Waals surface area contributed by atoms with Gasteiger partial charge in [0.25, 0.3) is 0 Å². The molecule has 1 rings (SSSR count). The summed E-state index contributed by atoms with van der Waals surface area (Å²) in [6.07, 6.45) is 2.16. The summed E-state index contributed by atoms with van der Waals surface area (Å²) in [4.78, 5) is 10.3. The minimum Gasteiger partial charge on any atom is -0.384 e. The number of carbonyl (C=O) groups excluding carboxylic acids is 1. The van der Waals surface area contributed by atoms with Crippen LogP contribution in [-0.2, 0) is 4.79 Å². The Hall–Kier alpha value is -1.41. The third kappa shape index (κ3) is 2.54. The number of benzene rings is 1. The molecule has 0 aromatic heterocycles. The fourth-order valence-electron chi connectivity index (χ4n) is 1.34. The van der Waals surface area contributed by atoms with Gasteiger partial charge in [0.1, 0.15) is 12.4 Å². The van der Waals surface area contributed by atoms with Crippen LogP contribution in [0, 0.1) is 0 Å². The van der Waals surface area contributed by atoms with Gasteiger partial charge in [-0.05, 0) is 23.6 Å². The van der Waals surface area contributed by atoms with Crippen molar-refractivity contribution in [2.24, 2.45) is 0 Å². The topological polar surface area (TPSA) is 37.3 Å². The zero-order valence-corrected chi connectivity index (χ0v) is 8.18. The van der Waals surface area contributed by atoms with E-state index in [1.54, 1.807) is 0 Å². The average Bonchev–Trinajstić information content (AvgIpc) is 2.26. The molecule has 1 N–H and O–H groups in total. The van der Waals surface area contributed by atoms with E-state index in [-0.39, 0.29) is 0 Å². The molecule has 2 nitrogen and oxygen atoms in total. The highest BCUT2D eigenvalue weighted by Gasteiger charge is 2.10. The van der Waals surface area contributed by atoms with Gasteiger partial charge in [-0.15, -0.1) is 0 Å². The van der Waals surface area contributed by atoms with Crippen molar-refractivity contribution in [2.45, 2.75) is 19.4 Å². The number of carbonyl (C=O) groups is 1. The van der Waals surface area contributed by atoms with E-state index in [9.17, 15) is 9.90 Å². The molecular weight excluding hydrogens is 176 g/mol. The van der Waals surface area contributed by atoms with Gasteiger partial charge >= 0.3 is 0 Å². The third-order valence-corrected chi connectivity index (χ3v) is 2.16. The maximum atomic E-state index is 10.3. The normalized spacial score (nSPS) is 13.7. The van der Waals surface area contributed by atoms with Gasteiger partial charge in [0.2, 0.25) is 0 Å². The van der Waals surface area contributed by atoms with Gasteiger partial charge in [0.15, 0.2) is 0 Å². The lowest BCUT2D eigenvalue weighted by molar-refractivity contribution is -0.104. The number of hydrogen-bond acceptors (Lipinski definition) is 2. The highest BCUT2D eigenvalue weighted by molar-refractivity contribution is 5.66. The van der Waals surface area contributed by atoms with E-state index in [1.807, 2.05) is 37.3 Å². The largest absolute Gasteiger partial charge is 0.384 e. The van der Waals surface area contributed by atoms with Crippen molar-refractivity contribution in [1.29, 1.82) is 0 Å². The Labute approximate surface area is 83.9 Å². The van der Waals surface area contributed by atoms with Crippen LogP contribution < -0.4 is 0 Å². The molecule has 0 aliphatic heterocycles. The van der Waals surface area contributed by atoms with Gasteiger partial charge in [-0.2, -0.15) is 0 Å². The number of allylic oxidation sites excluding steroid dienone is 1. The molecule has 0 aliphatic carbocycles. The molecule has 0 saturated carbocycles. The van der Waals surface area contributed by atoms with E-state index in [4.69, 9.17) is 0 Å². The first-order chi connectivity index (χ1) is 6.79. The molecule has 1 aromatic carbocycles. The SMILES string of the molecule is CC/C(=C/C=O)C(O)c1ccccc1. The van der Waals surface area contributed by atoms with Crippen molar-refractivity contribution >= 4 is 6.29 Å². The van der Waals surface area contributed by atoms with Gasteiger partial charge in [-0.1, -0.05) is 37.3 Å². The van der Waals surface area contributed by atoms with Gasteiger partial charge < -0.3 is 5.11 Å². The molecule has 1 aromatic rings. The van der Waals surface area contributed by atoms with Gasteiger partial charge in [-0.25, -0.2) is 0 Å². The fourth-order valence-corrected chi connectivity index (χ4v) is 1.34. The van der Waals surface area contributed by atoms with Crippen molar-refractivity contribution in [1.82, 2.24) is 0 Å². The lowest BCUT2D eigenvalue weighted by Crippen LogP contribution is -2.00. The van der Waals surface area contributed by atoms with Crippen molar-refractivity contribution in [3.05, 3.63) is 47.5 Å².